The van der Waals surface area contributed by atoms with E-state index in [-0.39, 0.29) is 0 Å². The van der Waals surface area contributed by atoms with Crippen LogP contribution in [-0.2, 0) is 13.0 Å². The molecule has 1 aliphatic carbocycles. The Kier molecular flexibility index (Phi) is 6.00. The summed E-state index contributed by atoms with van der Waals surface area (Å²) in [5.74, 6) is 3.18. The molecule has 1 aliphatic rings. The number of rotatable bonds is 7. The first-order valence-electron chi connectivity index (χ1n) is 11.5. The number of H-pyrrole nitrogens is 1. The highest BCUT2D eigenvalue weighted by atomic mass is 15.5. The minimum absolute atomic E-state index is 0.526. The highest BCUT2D eigenvalue weighted by Gasteiger charge is 2.21. The average Bonchev–Trinajstić information content (AvgIpc) is 3.51. The largest absolute Gasteiger partial charge is 0.264 e. The fourth-order valence-electron chi connectivity index (χ4n) is 4.53. The molecule has 4 aromatic rings. The standard InChI is InChI=1S/C24H28N8/c1-2-14-32-22(26-23(29-32)19-6-4-3-5-7-19)15-17-8-10-18(11-9-17)20-12-13-25-16-21(20)24-27-30-31-28-24/h8-13,16,19H,2-7,14-15H2,1H3,(H,27,28,30,31). The SMILES string of the molecule is CCCn1nc(C2CCCCC2)nc1Cc1ccc(-c2ccncc2-c2nn[nH]n2)cc1. The van der Waals surface area contributed by atoms with Crippen LogP contribution in [-0.4, -0.2) is 40.4 Å². The van der Waals surface area contributed by atoms with Gasteiger partial charge in [-0.1, -0.05) is 50.5 Å². The van der Waals surface area contributed by atoms with Gasteiger partial charge in [0.05, 0.1) is 0 Å². The summed E-state index contributed by atoms with van der Waals surface area (Å²) < 4.78 is 2.12. The van der Waals surface area contributed by atoms with Gasteiger partial charge in [-0.2, -0.15) is 10.3 Å². The van der Waals surface area contributed by atoms with Crippen molar-refractivity contribution in [1.82, 2.24) is 40.4 Å². The van der Waals surface area contributed by atoms with Crippen LogP contribution in [0, 0.1) is 0 Å². The number of nitrogens with zero attached hydrogens (tertiary/aromatic N) is 7. The van der Waals surface area contributed by atoms with E-state index in [1.54, 1.807) is 12.4 Å². The van der Waals surface area contributed by atoms with Crippen LogP contribution in [0.3, 0.4) is 0 Å². The third-order valence-electron chi connectivity index (χ3n) is 6.20. The smallest absolute Gasteiger partial charge is 0.206 e. The Morgan fingerprint density at radius 3 is 2.62 bits per heavy atom. The van der Waals surface area contributed by atoms with Crippen molar-refractivity contribution in [2.45, 2.75) is 64.3 Å². The summed E-state index contributed by atoms with van der Waals surface area (Å²) in [6, 6.07) is 10.6. The Labute approximate surface area is 187 Å². The van der Waals surface area contributed by atoms with Gasteiger partial charge in [0.25, 0.3) is 0 Å². The molecule has 1 fully saturated rings. The van der Waals surface area contributed by atoms with Gasteiger partial charge in [0.1, 0.15) is 5.82 Å². The number of benzene rings is 1. The van der Waals surface area contributed by atoms with E-state index in [9.17, 15) is 0 Å². The predicted octanol–water partition coefficient (Wildman–Crippen LogP) is 4.57. The second kappa shape index (κ2) is 9.38. The Hall–Kier alpha value is -3.42. The van der Waals surface area contributed by atoms with Gasteiger partial charge < -0.3 is 0 Å². The van der Waals surface area contributed by atoms with Crippen molar-refractivity contribution in [3.05, 3.63) is 59.9 Å². The molecule has 1 saturated carbocycles. The first-order chi connectivity index (χ1) is 15.8. The van der Waals surface area contributed by atoms with Crippen LogP contribution < -0.4 is 0 Å². The molecule has 3 aromatic heterocycles. The molecule has 164 valence electrons. The van der Waals surface area contributed by atoms with Crippen LogP contribution in [0.15, 0.2) is 42.7 Å². The molecule has 0 aliphatic heterocycles. The van der Waals surface area contributed by atoms with Crippen LogP contribution in [0.1, 0.15) is 68.6 Å². The molecule has 8 nitrogen and oxygen atoms in total. The lowest BCUT2D eigenvalue weighted by molar-refractivity contribution is 0.425. The molecule has 3 heterocycles. The summed E-state index contributed by atoms with van der Waals surface area (Å²) in [6.07, 6.45) is 11.8. The van der Waals surface area contributed by atoms with Crippen LogP contribution in [0.2, 0.25) is 0 Å². The fraction of sp³-hybridized carbons (Fsp3) is 0.417. The zero-order chi connectivity index (χ0) is 21.8. The van der Waals surface area contributed by atoms with E-state index >= 15 is 0 Å². The van der Waals surface area contributed by atoms with Crippen molar-refractivity contribution in [2.75, 3.05) is 0 Å². The lowest BCUT2D eigenvalue weighted by Crippen LogP contribution is -2.08. The van der Waals surface area contributed by atoms with Gasteiger partial charge >= 0.3 is 0 Å². The number of aromatic amines is 1. The van der Waals surface area contributed by atoms with Crippen LogP contribution >= 0.6 is 0 Å². The third kappa shape index (κ3) is 4.30. The van der Waals surface area contributed by atoms with Gasteiger partial charge in [-0.3, -0.25) is 4.98 Å². The van der Waals surface area contributed by atoms with E-state index in [0.29, 0.717) is 11.7 Å². The summed E-state index contributed by atoms with van der Waals surface area (Å²) in [5.41, 5.74) is 4.20. The second-order valence-corrected chi connectivity index (χ2v) is 8.47. The fourth-order valence-corrected chi connectivity index (χ4v) is 4.53. The summed E-state index contributed by atoms with van der Waals surface area (Å²) in [4.78, 5) is 9.22. The Bertz CT molecular complexity index is 1140. The number of pyridine rings is 1. The molecule has 0 spiro atoms. The van der Waals surface area contributed by atoms with Gasteiger partial charge in [0.15, 0.2) is 5.82 Å². The van der Waals surface area contributed by atoms with Crippen molar-refractivity contribution in [3.63, 3.8) is 0 Å². The highest BCUT2D eigenvalue weighted by Crippen LogP contribution is 2.32. The normalized spacial score (nSPS) is 14.7. The van der Waals surface area contributed by atoms with Gasteiger partial charge in [-0.15, -0.1) is 10.2 Å². The maximum absolute atomic E-state index is 4.99. The molecule has 0 unspecified atom stereocenters. The first kappa shape index (κ1) is 20.5. The molecule has 0 radical (unpaired) electrons. The van der Waals surface area contributed by atoms with Gasteiger partial charge in [0.2, 0.25) is 5.82 Å². The number of tetrazole rings is 1. The maximum atomic E-state index is 4.99. The van der Waals surface area contributed by atoms with E-state index in [4.69, 9.17) is 10.1 Å². The van der Waals surface area contributed by atoms with E-state index in [1.165, 1.54) is 37.7 Å². The molecule has 0 atom stereocenters. The molecule has 1 N–H and O–H groups in total. The van der Waals surface area contributed by atoms with Crippen molar-refractivity contribution in [1.29, 1.82) is 0 Å². The molecule has 32 heavy (non-hydrogen) atoms. The lowest BCUT2D eigenvalue weighted by atomic mass is 9.89. The highest BCUT2D eigenvalue weighted by molar-refractivity contribution is 5.79. The van der Waals surface area contributed by atoms with Crippen LogP contribution in [0.5, 0.6) is 0 Å². The van der Waals surface area contributed by atoms with Crippen LogP contribution in [0.25, 0.3) is 22.5 Å². The number of aromatic nitrogens is 8. The van der Waals surface area contributed by atoms with Crippen molar-refractivity contribution < 1.29 is 0 Å². The quantitative estimate of drug-likeness (QED) is 0.463. The monoisotopic (exact) mass is 428 g/mol. The molecular weight excluding hydrogens is 400 g/mol. The van der Waals surface area contributed by atoms with Crippen molar-refractivity contribution >= 4 is 0 Å². The molecule has 1 aromatic carbocycles. The van der Waals surface area contributed by atoms with E-state index in [2.05, 4.69) is 61.5 Å². The Balaban J connectivity index is 1.38. The lowest BCUT2D eigenvalue weighted by Gasteiger charge is -2.18. The van der Waals surface area contributed by atoms with Gasteiger partial charge in [-0.05, 0) is 47.2 Å². The molecule has 8 heteroatoms. The van der Waals surface area contributed by atoms with Crippen LogP contribution in [0.4, 0.5) is 0 Å². The maximum Gasteiger partial charge on any atom is 0.206 e. The van der Waals surface area contributed by atoms with Gasteiger partial charge in [-0.25, -0.2) is 9.67 Å². The first-order valence-corrected chi connectivity index (χ1v) is 11.5. The second-order valence-electron chi connectivity index (χ2n) is 8.47. The number of nitrogens with one attached hydrogen (secondary N) is 1. The summed E-state index contributed by atoms with van der Waals surface area (Å²) >= 11 is 0. The molecule has 0 amide bonds. The number of aryl methyl sites for hydroxylation is 1. The summed E-state index contributed by atoms with van der Waals surface area (Å²) in [6.45, 7) is 3.11. The summed E-state index contributed by atoms with van der Waals surface area (Å²) in [7, 11) is 0. The predicted molar refractivity (Wildman–Crippen MR) is 122 cm³/mol. The Morgan fingerprint density at radius 2 is 1.88 bits per heavy atom. The zero-order valence-electron chi connectivity index (χ0n) is 18.4. The van der Waals surface area contributed by atoms with E-state index in [0.717, 1.165) is 47.7 Å². The van der Waals surface area contributed by atoms with E-state index < -0.39 is 0 Å². The van der Waals surface area contributed by atoms with Gasteiger partial charge in [0, 0.05) is 36.8 Å². The summed E-state index contributed by atoms with van der Waals surface area (Å²) in [5, 5.41) is 19.3. The van der Waals surface area contributed by atoms with Crippen molar-refractivity contribution in [3.8, 4) is 22.5 Å². The minimum Gasteiger partial charge on any atom is -0.264 e. The van der Waals surface area contributed by atoms with Crippen molar-refractivity contribution in [2.24, 2.45) is 0 Å². The number of hydrogen-bond acceptors (Lipinski definition) is 6. The molecular formula is C24H28N8. The van der Waals surface area contributed by atoms with E-state index in [1.807, 2.05) is 6.07 Å². The topological polar surface area (TPSA) is 98.1 Å². The average molecular weight is 429 g/mol. The molecule has 0 saturated heterocycles. The number of hydrogen-bond donors (Lipinski definition) is 1. The molecule has 0 bridgehead atoms. The Morgan fingerprint density at radius 1 is 1.03 bits per heavy atom. The minimum atomic E-state index is 0.526. The zero-order valence-corrected chi connectivity index (χ0v) is 18.4. The molecule has 5 rings (SSSR count). The third-order valence-corrected chi connectivity index (χ3v) is 6.20.